The molecular formula is C19H20. The lowest BCUT2D eigenvalue weighted by molar-refractivity contribution is 0.802. The third kappa shape index (κ3) is 2.02. The molecular weight excluding hydrogens is 228 g/mol. The first-order valence-corrected chi connectivity index (χ1v) is 7.22. The van der Waals surface area contributed by atoms with Crippen molar-refractivity contribution in [2.75, 3.05) is 0 Å². The summed E-state index contributed by atoms with van der Waals surface area (Å²) < 4.78 is 0. The number of rotatable bonds is 3. The van der Waals surface area contributed by atoms with Gasteiger partial charge in [-0.2, -0.15) is 0 Å². The van der Waals surface area contributed by atoms with Crippen molar-refractivity contribution < 1.29 is 0 Å². The van der Waals surface area contributed by atoms with Gasteiger partial charge in [0.1, 0.15) is 0 Å². The molecule has 0 atom stereocenters. The molecule has 0 heterocycles. The first kappa shape index (κ1) is 12.2. The molecule has 3 aromatic rings. The lowest BCUT2D eigenvalue weighted by Crippen LogP contribution is -1.93. The summed E-state index contributed by atoms with van der Waals surface area (Å²) in [7, 11) is 0. The second-order valence-corrected chi connectivity index (χ2v) is 5.30. The fraction of sp³-hybridized carbons (Fsp3) is 0.263. The van der Waals surface area contributed by atoms with Crippen LogP contribution in [0.4, 0.5) is 0 Å². The first-order valence-electron chi connectivity index (χ1n) is 7.22. The lowest BCUT2D eigenvalue weighted by atomic mass is 9.90. The number of aryl methyl sites for hydroxylation is 2. The minimum Gasteiger partial charge on any atom is -0.0654 e. The smallest absolute Gasteiger partial charge is 0.0143 e. The van der Waals surface area contributed by atoms with Crippen LogP contribution in [0.1, 0.15) is 30.9 Å². The van der Waals surface area contributed by atoms with Gasteiger partial charge >= 0.3 is 0 Å². The molecule has 0 saturated heterocycles. The highest BCUT2D eigenvalue weighted by Gasteiger charge is 2.09. The van der Waals surface area contributed by atoms with Gasteiger partial charge < -0.3 is 0 Å². The standard InChI is InChI=1S/C19H20/c1-3-4-9-19-17-12-7-5-10-15(17)14(2)16-11-6-8-13-18(16)19/h5-8,10-13H,3-4,9H2,1-2H3. The summed E-state index contributed by atoms with van der Waals surface area (Å²) in [6.45, 7) is 4.51. The van der Waals surface area contributed by atoms with Gasteiger partial charge in [-0.3, -0.25) is 0 Å². The topological polar surface area (TPSA) is 0 Å². The molecule has 0 unspecified atom stereocenters. The van der Waals surface area contributed by atoms with E-state index >= 15 is 0 Å². The van der Waals surface area contributed by atoms with Gasteiger partial charge in [-0.1, -0.05) is 61.9 Å². The number of benzene rings is 3. The van der Waals surface area contributed by atoms with Gasteiger partial charge in [0, 0.05) is 0 Å². The van der Waals surface area contributed by atoms with Crippen LogP contribution in [0.5, 0.6) is 0 Å². The first-order chi connectivity index (χ1) is 9.33. The van der Waals surface area contributed by atoms with E-state index in [0.717, 1.165) is 0 Å². The molecule has 19 heavy (non-hydrogen) atoms. The van der Waals surface area contributed by atoms with Crippen LogP contribution in [0, 0.1) is 6.92 Å². The molecule has 0 radical (unpaired) electrons. The zero-order chi connectivity index (χ0) is 13.2. The SMILES string of the molecule is CCCCc1c2ccccc2c(C)c2ccccc12. The van der Waals surface area contributed by atoms with E-state index in [-0.39, 0.29) is 0 Å². The van der Waals surface area contributed by atoms with Gasteiger partial charge in [0.05, 0.1) is 0 Å². The van der Waals surface area contributed by atoms with Gasteiger partial charge in [0.15, 0.2) is 0 Å². The van der Waals surface area contributed by atoms with Crippen molar-refractivity contribution in [3.8, 4) is 0 Å². The summed E-state index contributed by atoms with van der Waals surface area (Å²) >= 11 is 0. The van der Waals surface area contributed by atoms with Gasteiger partial charge in [-0.25, -0.2) is 0 Å². The van der Waals surface area contributed by atoms with E-state index < -0.39 is 0 Å². The number of fused-ring (bicyclic) bond motifs is 2. The van der Waals surface area contributed by atoms with Crippen molar-refractivity contribution in [2.45, 2.75) is 33.1 Å². The van der Waals surface area contributed by atoms with Crippen molar-refractivity contribution in [1.29, 1.82) is 0 Å². The van der Waals surface area contributed by atoms with E-state index in [0.29, 0.717) is 0 Å². The third-order valence-corrected chi connectivity index (χ3v) is 4.09. The Morgan fingerprint density at radius 3 is 1.68 bits per heavy atom. The molecule has 96 valence electrons. The van der Waals surface area contributed by atoms with E-state index in [1.807, 2.05) is 0 Å². The second-order valence-electron chi connectivity index (χ2n) is 5.30. The van der Waals surface area contributed by atoms with Crippen molar-refractivity contribution >= 4 is 21.5 Å². The highest BCUT2D eigenvalue weighted by Crippen LogP contribution is 2.33. The highest BCUT2D eigenvalue weighted by atomic mass is 14.1. The summed E-state index contributed by atoms with van der Waals surface area (Å²) in [6, 6.07) is 17.7. The van der Waals surface area contributed by atoms with E-state index in [4.69, 9.17) is 0 Å². The molecule has 0 amide bonds. The number of hydrogen-bond donors (Lipinski definition) is 0. The average molecular weight is 248 g/mol. The molecule has 3 rings (SSSR count). The van der Waals surface area contributed by atoms with Crippen LogP contribution in [0.25, 0.3) is 21.5 Å². The molecule has 0 aliphatic heterocycles. The largest absolute Gasteiger partial charge is 0.0654 e. The average Bonchev–Trinajstić information content (AvgIpc) is 2.47. The van der Waals surface area contributed by atoms with Crippen LogP contribution < -0.4 is 0 Å². The molecule has 0 N–H and O–H groups in total. The van der Waals surface area contributed by atoms with E-state index in [1.165, 1.54) is 51.9 Å². The zero-order valence-electron chi connectivity index (χ0n) is 11.7. The number of hydrogen-bond acceptors (Lipinski definition) is 0. The minimum atomic E-state index is 1.18. The van der Waals surface area contributed by atoms with Crippen LogP contribution in [0.2, 0.25) is 0 Å². The Hall–Kier alpha value is -1.82. The van der Waals surface area contributed by atoms with Crippen LogP contribution in [-0.2, 0) is 6.42 Å². The van der Waals surface area contributed by atoms with Gasteiger partial charge in [0.2, 0.25) is 0 Å². The predicted molar refractivity (Wildman–Crippen MR) is 84.8 cm³/mol. The summed E-state index contributed by atoms with van der Waals surface area (Å²) in [5, 5.41) is 5.69. The lowest BCUT2D eigenvalue weighted by Gasteiger charge is -2.14. The molecule has 0 bridgehead atoms. The molecule has 0 nitrogen and oxygen atoms in total. The van der Waals surface area contributed by atoms with Crippen LogP contribution in [-0.4, -0.2) is 0 Å². The van der Waals surface area contributed by atoms with E-state index in [2.05, 4.69) is 62.4 Å². The normalized spacial score (nSPS) is 11.3. The van der Waals surface area contributed by atoms with Gasteiger partial charge in [0.25, 0.3) is 0 Å². The van der Waals surface area contributed by atoms with E-state index in [1.54, 1.807) is 0 Å². The van der Waals surface area contributed by atoms with Gasteiger partial charge in [-0.05, 0) is 52.4 Å². The summed E-state index contributed by atoms with van der Waals surface area (Å²) in [6.07, 6.45) is 3.69. The van der Waals surface area contributed by atoms with Crippen LogP contribution in [0.15, 0.2) is 48.5 Å². The Balaban J connectivity index is 2.42. The Morgan fingerprint density at radius 2 is 1.21 bits per heavy atom. The molecule has 0 saturated carbocycles. The quantitative estimate of drug-likeness (QED) is 0.526. The van der Waals surface area contributed by atoms with Crippen molar-refractivity contribution in [2.24, 2.45) is 0 Å². The van der Waals surface area contributed by atoms with Crippen LogP contribution >= 0.6 is 0 Å². The van der Waals surface area contributed by atoms with Crippen molar-refractivity contribution in [3.05, 3.63) is 59.7 Å². The Kier molecular flexibility index (Phi) is 3.25. The second kappa shape index (κ2) is 5.05. The minimum absolute atomic E-state index is 1.18. The Bertz CT molecular complexity index is 666. The maximum atomic E-state index is 2.28. The molecule has 3 aromatic carbocycles. The monoisotopic (exact) mass is 248 g/mol. The van der Waals surface area contributed by atoms with E-state index in [9.17, 15) is 0 Å². The Labute approximate surface area is 115 Å². The van der Waals surface area contributed by atoms with Crippen molar-refractivity contribution in [1.82, 2.24) is 0 Å². The molecule has 0 spiro atoms. The summed E-state index contributed by atoms with van der Waals surface area (Å²) in [4.78, 5) is 0. The summed E-state index contributed by atoms with van der Waals surface area (Å²) in [5.41, 5.74) is 2.94. The predicted octanol–water partition coefficient (Wildman–Crippen LogP) is 5.64. The van der Waals surface area contributed by atoms with Crippen molar-refractivity contribution in [3.63, 3.8) is 0 Å². The van der Waals surface area contributed by atoms with Crippen LogP contribution in [0.3, 0.4) is 0 Å². The third-order valence-electron chi connectivity index (χ3n) is 4.09. The highest BCUT2D eigenvalue weighted by molar-refractivity contribution is 6.05. The molecule has 0 fully saturated rings. The fourth-order valence-electron chi connectivity index (χ4n) is 3.06. The fourth-order valence-corrected chi connectivity index (χ4v) is 3.06. The van der Waals surface area contributed by atoms with Gasteiger partial charge in [-0.15, -0.1) is 0 Å². The maximum Gasteiger partial charge on any atom is -0.0143 e. The summed E-state index contributed by atoms with van der Waals surface area (Å²) in [5.74, 6) is 0. The molecule has 0 aromatic heterocycles. The Morgan fingerprint density at radius 1 is 0.737 bits per heavy atom. The maximum absolute atomic E-state index is 2.28. The molecule has 0 aliphatic rings. The molecule has 0 heteroatoms. The number of unbranched alkanes of at least 4 members (excludes halogenated alkanes) is 1. The zero-order valence-corrected chi connectivity index (χ0v) is 11.7. The molecule has 0 aliphatic carbocycles.